The van der Waals surface area contributed by atoms with Gasteiger partial charge in [0.15, 0.2) is 5.78 Å². The molecule has 0 saturated carbocycles. The number of carbonyl (C=O) groups excluding carboxylic acids is 5. The minimum Gasteiger partial charge on any atom is -0.445 e. The van der Waals surface area contributed by atoms with E-state index in [0.717, 1.165) is 46.6 Å². The van der Waals surface area contributed by atoms with Crippen LogP contribution in [0.25, 0.3) is 0 Å². The van der Waals surface area contributed by atoms with Gasteiger partial charge in [0.25, 0.3) is 0 Å². The molecule has 362 valence electrons. The summed E-state index contributed by atoms with van der Waals surface area (Å²) in [6.45, 7) is 9.68. The molecule has 0 fully saturated rings. The maximum Gasteiger partial charge on any atom is 0.408 e. The molecule has 6 aromatic carbocycles. The molecule has 0 aliphatic heterocycles. The van der Waals surface area contributed by atoms with Crippen molar-refractivity contribution in [3.63, 3.8) is 0 Å². The first-order chi connectivity index (χ1) is 34.0. The Morgan fingerprint density at radius 1 is 0.586 bits per heavy atom. The Morgan fingerprint density at radius 3 is 1.57 bits per heavy atom. The van der Waals surface area contributed by atoms with E-state index in [1.807, 2.05) is 178 Å². The number of rotatable bonds is 24. The Hall–Kier alpha value is -7.79. The fourth-order valence-electron chi connectivity index (χ4n) is 8.51. The summed E-state index contributed by atoms with van der Waals surface area (Å²) in [6.07, 6.45) is 2.73. The molecule has 0 spiro atoms. The molecule has 0 bridgehead atoms. The van der Waals surface area contributed by atoms with Crippen molar-refractivity contribution in [1.29, 1.82) is 0 Å². The van der Waals surface area contributed by atoms with Crippen molar-refractivity contribution >= 4 is 35.3 Å². The van der Waals surface area contributed by atoms with E-state index in [0.29, 0.717) is 5.56 Å². The number of ketones is 1. The zero-order valence-electron chi connectivity index (χ0n) is 40.6. The summed E-state index contributed by atoms with van der Waals surface area (Å²) < 4.78 is 5.47. The van der Waals surface area contributed by atoms with E-state index >= 15 is 0 Å². The Labute approximate surface area is 412 Å². The van der Waals surface area contributed by atoms with Crippen molar-refractivity contribution in [1.82, 2.24) is 21.3 Å². The molecule has 11 heteroatoms. The van der Waals surface area contributed by atoms with Gasteiger partial charge in [0.1, 0.15) is 24.2 Å². The van der Waals surface area contributed by atoms with Crippen LogP contribution >= 0.6 is 0 Å². The van der Waals surface area contributed by atoms with Crippen LogP contribution in [-0.4, -0.2) is 60.8 Å². The molecule has 0 aromatic heterocycles. The predicted molar refractivity (Wildman–Crippen MR) is 277 cm³/mol. The van der Waals surface area contributed by atoms with Crippen LogP contribution in [0.4, 0.5) is 10.5 Å². The van der Waals surface area contributed by atoms with Crippen LogP contribution in [0.3, 0.4) is 0 Å². The summed E-state index contributed by atoms with van der Waals surface area (Å²) in [6, 6.07) is 52.3. The molecule has 0 aliphatic carbocycles. The number of nitrogens with one attached hydrogen (secondary N) is 4. The predicted octanol–water partition coefficient (Wildman–Crippen LogP) is 9.71. The Balaban J connectivity index is 1.28. The van der Waals surface area contributed by atoms with Crippen LogP contribution in [0, 0.1) is 5.92 Å². The normalized spacial score (nSPS) is 12.6. The highest BCUT2D eigenvalue weighted by molar-refractivity contribution is 6.04. The van der Waals surface area contributed by atoms with Crippen molar-refractivity contribution in [2.75, 3.05) is 18.0 Å². The van der Waals surface area contributed by atoms with Crippen LogP contribution in [0.2, 0.25) is 0 Å². The third kappa shape index (κ3) is 14.6. The van der Waals surface area contributed by atoms with Crippen LogP contribution < -0.4 is 26.2 Å². The lowest BCUT2D eigenvalue weighted by Crippen LogP contribution is -2.55. The molecule has 3 atom stereocenters. The smallest absolute Gasteiger partial charge is 0.408 e. The van der Waals surface area contributed by atoms with Gasteiger partial charge >= 0.3 is 6.09 Å². The minimum atomic E-state index is -1.11. The largest absolute Gasteiger partial charge is 0.445 e. The average molecular weight is 940 g/mol. The number of anilines is 1. The van der Waals surface area contributed by atoms with Crippen molar-refractivity contribution in [3.05, 3.63) is 221 Å². The van der Waals surface area contributed by atoms with Crippen molar-refractivity contribution in [2.45, 2.75) is 83.6 Å². The summed E-state index contributed by atoms with van der Waals surface area (Å²) in [5.41, 5.74) is 4.55. The summed E-state index contributed by atoms with van der Waals surface area (Å²) in [7, 11) is 0. The van der Waals surface area contributed by atoms with Gasteiger partial charge in [0.2, 0.25) is 17.7 Å². The van der Waals surface area contributed by atoms with Gasteiger partial charge < -0.3 is 30.9 Å². The molecule has 4 N–H and O–H groups in total. The molecule has 70 heavy (non-hydrogen) atoms. The van der Waals surface area contributed by atoms with Crippen LogP contribution in [0.5, 0.6) is 0 Å². The van der Waals surface area contributed by atoms with Crippen LogP contribution in [0.15, 0.2) is 188 Å². The van der Waals surface area contributed by atoms with Gasteiger partial charge in [-0.2, -0.15) is 0 Å². The van der Waals surface area contributed by atoms with E-state index in [1.165, 1.54) is 6.08 Å². The monoisotopic (exact) mass is 939 g/mol. The first-order valence-corrected chi connectivity index (χ1v) is 24.2. The Morgan fingerprint density at radius 2 is 1.07 bits per heavy atom. The zero-order chi connectivity index (χ0) is 49.7. The molecule has 11 nitrogen and oxygen atoms in total. The van der Waals surface area contributed by atoms with E-state index in [2.05, 4.69) is 40.0 Å². The first kappa shape index (κ1) is 51.6. The van der Waals surface area contributed by atoms with Crippen molar-refractivity contribution in [3.8, 4) is 0 Å². The highest BCUT2D eigenvalue weighted by Gasteiger charge is 2.38. The third-order valence-electron chi connectivity index (χ3n) is 12.2. The Kier molecular flexibility index (Phi) is 19.2. The van der Waals surface area contributed by atoms with E-state index in [1.54, 1.807) is 18.2 Å². The molecule has 0 radical (unpaired) electrons. The molecule has 0 heterocycles. The minimum absolute atomic E-state index is 0.00242. The maximum atomic E-state index is 14.7. The number of ether oxygens (including phenoxy) is 1. The van der Waals surface area contributed by atoms with E-state index < -0.39 is 41.6 Å². The molecule has 6 aromatic rings. The van der Waals surface area contributed by atoms with Gasteiger partial charge in [-0.25, -0.2) is 4.79 Å². The standard InChI is InChI=1S/C59H65N5O6/c1-5-64(6-2)51-36-32-46(33-37-51)54(65)38-34-50(35-39-55(66)63-59(47-26-16-9-17-27-47,48-28-18-10-19-29-48)49-30-20-11-21-31-49)60-56(67)53(41-44-22-12-7-13-23-44)61-57(68)52(40-43(3)4)62-58(69)70-42-45-24-14-8-15-25-45/h7-34,36-38,43,50,52-53H,5-6,35,39-42H2,1-4H3,(H,60,67)(H,61,68)(H,62,69)(H,63,66)/b38-34+/t50-,52+,53+/m1/s1. The van der Waals surface area contributed by atoms with Crippen LogP contribution in [0.1, 0.15) is 85.1 Å². The van der Waals surface area contributed by atoms with E-state index in [-0.39, 0.29) is 49.9 Å². The van der Waals surface area contributed by atoms with Gasteiger partial charge in [-0.3, -0.25) is 19.2 Å². The maximum absolute atomic E-state index is 14.7. The number of amides is 4. The second-order valence-corrected chi connectivity index (χ2v) is 17.6. The number of benzene rings is 6. The van der Waals surface area contributed by atoms with E-state index in [9.17, 15) is 24.0 Å². The number of hydrogen-bond acceptors (Lipinski definition) is 7. The topological polar surface area (TPSA) is 146 Å². The summed E-state index contributed by atoms with van der Waals surface area (Å²) in [4.78, 5) is 72.4. The quantitative estimate of drug-likeness (QED) is 0.0269. The second kappa shape index (κ2) is 26.1. The van der Waals surface area contributed by atoms with Gasteiger partial charge in [0, 0.05) is 43.2 Å². The number of alkyl carbamates (subject to hydrolysis) is 1. The number of allylic oxidation sites excluding steroid dienone is 1. The summed E-state index contributed by atoms with van der Waals surface area (Å²) in [5, 5.41) is 12.1. The summed E-state index contributed by atoms with van der Waals surface area (Å²) >= 11 is 0. The molecule has 0 saturated heterocycles. The number of nitrogens with zero attached hydrogens (tertiary/aromatic N) is 1. The van der Waals surface area contributed by atoms with Crippen LogP contribution in [-0.2, 0) is 37.7 Å². The lowest BCUT2D eigenvalue weighted by molar-refractivity contribution is -0.130. The zero-order valence-corrected chi connectivity index (χ0v) is 40.6. The summed E-state index contributed by atoms with van der Waals surface area (Å²) in [5.74, 6) is -1.66. The van der Waals surface area contributed by atoms with Gasteiger partial charge in [-0.1, -0.05) is 172 Å². The third-order valence-corrected chi connectivity index (χ3v) is 12.2. The lowest BCUT2D eigenvalue weighted by Gasteiger charge is -2.37. The first-order valence-electron chi connectivity index (χ1n) is 24.2. The molecule has 0 unspecified atom stereocenters. The second-order valence-electron chi connectivity index (χ2n) is 17.6. The van der Waals surface area contributed by atoms with Gasteiger partial charge in [0.05, 0.1) is 0 Å². The Bertz CT molecular complexity index is 2510. The molecular formula is C59H65N5O6. The molecule has 6 rings (SSSR count). The highest BCUT2D eigenvalue weighted by atomic mass is 16.5. The van der Waals surface area contributed by atoms with Gasteiger partial charge in [-0.05, 0) is 90.8 Å². The molecule has 4 amide bonds. The lowest BCUT2D eigenvalue weighted by atomic mass is 9.77. The van der Waals surface area contributed by atoms with Crippen molar-refractivity contribution < 1.29 is 28.7 Å². The fraction of sp³-hybridized carbons (Fsp3) is 0.271. The van der Waals surface area contributed by atoms with Crippen molar-refractivity contribution in [2.24, 2.45) is 5.92 Å². The van der Waals surface area contributed by atoms with E-state index in [4.69, 9.17) is 4.74 Å². The fourth-order valence-corrected chi connectivity index (χ4v) is 8.51. The highest BCUT2D eigenvalue weighted by Crippen LogP contribution is 2.37. The molecular weight excluding hydrogens is 875 g/mol. The average Bonchev–Trinajstić information content (AvgIpc) is 3.39. The van der Waals surface area contributed by atoms with Gasteiger partial charge in [-0.15, -0.1) is 0 Å². The molecule has 0 aliphatic rings. The number of carbonyl (C=O) groups is 5. The SMILES string of the molecule is CCN(CC)c1ccc(C(=O)/C=C/[C@H](CCC(=O)NC(c2ccccc2)(c2ccccc2)c2ccccc2)NC(=O)[C@H](Cc2ccccc2)NC(=O)[C@H](CC(C)C)NC(=O)OCc2ccccc2)cc1. The number of hydrogen-bond donors (Lipinski definition) is 4.